The molecule has 0 amide bonds. The maximum absolute atomic E-state index is 13.7. The van der Waals surface area contributed by atoms with Crippen LogP contribution in [0.3, 0.4) is 0 Å². The fourth-order valence-corrected chi connectivity index (χ4v) is 1.61. The van der Waals surface area contributed by atoms with E-state index in [1.165, 1.54) is 6.07 Å². The van der Waals surface area contributed by atoms with E-state index in [-0.39, 0.29) is 24.1 Å². The van der Waals surface area contributed by atoms with Crippen LogP contribution < -0.4 is 5.73 Å². The van der Waals surface area contributed by atoms with Crippen LogP contribution in [-0.2, 0) is 6.54 Å². The van der Waals surface area contributed by atoms with Gasteiger partial charge in [-0.2, -0.15) is 4.98 Å². The van der Waals surface area contributed by atoms with Crippen molar-refractivity contribution in [1.82, 2.24) is 10.1 Å². The zero-order valence-electron chi connectivity index (χ0n) is 8.50. The lowest BCUT2D eigenvalue weighted by Gasteiger charge is -2.02. The van der Waals surface area contributed by atoms with Gasteiger partial charge in [0.1, 0.15) is 5.82 Å². The van der Waals surface area contributed by atoms with Crippen molar-refractivity contribution in [1.29, 1.82) is 0 Å². The molecule has 1 aromatic carbocycles. The molecule has 0 spiro atoms. The summed E-state index contributed by atoms with van der Waals surface area (Å²) in [6.45, 7) is 1.94. The quantitative estimate of drug-likeness (QED) is 0.920. The molecule has 0 bridgehead atoms. The third-order valence-electron chi connectivity index (χ3n) is 2.13. The first kappa shape index (κ1) is 11.2. The van der Waals surface area contributed by atoms with Crippen molar-refractivity contribution in [3.63, 3.8) is 0 Å². The Morgan fingerprint density at radius 1 is 1.50 bits per heavy atom. The van der Waals surface area contributed by atoms with E-state index in [4.69, 9.17) is 10.3 Å². The molecule has 6 heteroatoms. The summed E-state index contributed by atoms with van der Waals surface area (Å²) in [5.74, 6) is 0.106. The predicted molar refractivity (Wildman–Crippen MR) is 60.0 cm³/mol. The number of nitrogens with zero attached hydrogens (tertiary/aromatic N) is 2. The van der Waals surface area contributed by atoms with Gasteiger partial charge in [0.15, 0.2) is 0 Å². The van der Waals surface area contributed by atoms with Gasteiger partial charge in [-0.05, 0) is 24.6 Å². The van der Waals surface area contributed by atoms with Gasteiger partial charge in [0.2, 0.25) is 11.7 Å². The first-order chi connectivity index (χ1) is 7.61. The number of rotatable bonds is 2. The SMILES string of the molecule is Cc1cc(F)c(-c2noc(CN)n2)cc1Br. The molecule has 4 nitrogen and oxygen atoms in total. The summed E-state index contributed by atoms with van der Waals surface area (Å²) in [4.78, 5) is 3.97. The highest BCUT2D eigenvalue weighted by Crippen LogP contribution is 2.26. The minimum absolute atomic E-state index is 0.141. The normalized spacial score (nSPS) is 10.8. The van der Waals surface area contributed by atoms with Crippen LogP contribution in [0.2, 0.25) is 0 Å². The van der Waals surface area contributed by atoms with Gasteiger partial charge in [-0.25, -0.2) is 4.39 Å². The molecular formula is C10H9BrFN3O. The first-order valence-corrected chi connectivity index (χ1v) is 5.39. The molecule has 0 fully saturated rings. The zero-order chi connectivity index (χ0) is 11.7. The van der Waals surface area contributed by atoms with Gasteiger partial charge < -0.3 is 10.3 Å². The van der Waals surface area contributed by atoms with Crippen molar-refractivity contribution in [2.45, 2.75) is 13.5 Å². The van der Waals surface area contributed by atoms with E-state index in [1.807, 2.05) is 0 Å². The van der Waals surface area contributed by atoms with Crippen molar-refractivity contribution >= 4 is 15.9 Å². The Balaban J connectivity index is 2.51. The molecule has 0 aliphatic rings. The number of hydrogen-bond donors (Lipinski definition) is 1. The van der Waals surface area contributed by atoms with Gasteiger partial charge in [0.25, 0.3) is 0 Å². The second-order valence-corrected chi connectivity index (χ2v) is 4.15. The molecule has 2 N–H and O–H groups in total. The maximum Gasteiger partial charge on any atom is 0.240 e. The van der Waals surface area contributed by atoms with E-state index >= 15 is 0 Å². The van der Waals surface area contributed by atoms with Crippen molar-refractivity contribution in [2.75, 3.05) is 0 Å². The molecule has 0 saturated carbocycles. The lowest BCUT2D eigenvalue weighted by Crippen LogP contribution is -1.96. The second-order valence-electron chi connectivity index (χ2n) is 3.30. The van der Waals surface area contributed by atoms with Gasteiger partial charge in [0, 0.05) is 4.47 Å². The van der Waals surface area contributed by atoms with E-state index in [9.17, 15) is 4.39 Å². The van der Waals surface area contributed by atoms with Crippen LogP contribution in [0.4, 0.5) is 4.39 Å². The molecule has 16 heavy (non-hydrogen) atoms. The Morgan fingerprint density at radius 2 is 2.25 bits per heavy atom. The zero-order valence-corrected chi connectivity index (χ0v) is 10.1. The van der Waals surface area contributed by atoms with E-state index in [0.29, 0.717) is 5.56 Å². The van der Waals surface area contributed by atoms with Crippen molar-refractivity contribution < 1.29 is 8.91 Å². The third kappa shape index (κ3) is 1.98. The second kappa shape index (κ2) is 4.31. The fourth-order valence-electron chi connectivity index (χ4n) is 1.26. The average molecular weight is 286 g/mol. The van der Waals surface area contributed by atoms with Crippen LogP contribution in [0.5, 0.6) is 0 Å². The molecule has 1 heterocycles. The van der Waals surface area contributed by atoms with Crippen LogP contribution in [0.25, 0.3) is 11.4 Å². The molecule has 0 saturated heterocycles. The summed E-state index contributed by atoms with van der Waals surface area (Å²) >= 11 is 3.32. The van der Waals surface area contributed by atoms with Gasteiger partial charge in [0.05, 0.1) is 12.1 Å². The van der Waals surface area contributed by atoms with E-state index in [2.05, 4.69) is 26.1 Å². The first-order valence-electron chi connectivity index (χ1n) is 4.60. The van der Waals surface area contributed by atoms with Crippen LogP contribution in [-0.4, -0.2) is 10.1 Å². The Kier molecular flexibility index (Phi) is 3.02. The molecule has 0 radical (unpaired) electrons. The molecule has 2 aromatic rings. The molecule has 1 aromatic heterocycles. The molecular weight excluding hydrogens is 277 g/mol. The number of aryl methyl sites for hydroxylation is 1. The topological polar surface area (TPSA) is 64.9 Å². The highest BCUT2D eigenvalue weighted by Gasteiger charge is 2.13. The third-order valence-corrected chi connectivity index (χ3v) is 2.99. The Bertz CT molecular complexity index is 527. The summed E-state index contributed by atoms with van der Waals surface area (Å²) in [5, 5.41) is 3.66. The number of aromatic nitrogens is 2. The van der Waals surface area contributed by atoms with Crippen molar-refractivity contribution in [3.05, 3.63) is 33.9 Å². The van der Waals surface area contributed by atoms with Crippen LogP contribution in [0.15, 0.2) is 21.1 Å². The van der Waals surface area contributed by atoms with E-state index < -0.39 is 0 Å². The van der Waals surface area contributed by atoms with Crippen LogP contribution in [0, 0.1) is 12.7 Å². The smallest absolute Gasteiger partial charge is 0.240 e. The lowest BCUT2D eigenvalue weighted by molar-refractivity contribution is 0.380. The Morgan fingerprint density at radius 3 is 2.88 bits per heavy atom. The van der Waals surface area contributed by atoms with Crippen molar-refractivity contribution in [2.24, 2.45) is 5.73 Å². The van der Waals surface area contributed by atoms with Crippen LogP contribution >= 0.6 is 15.9 Å². The average Bonchev–Trinajstić information content (AvgIpc) is 2.71. The minimum Gasteiger partial charge on any atom is -0.338 e. The number of nitrogens with two attached hydrogens (primary N) is 1. The Labute approximate surface area is 99.8 Å². The summed E-state index contributed by atoms with van der Waals surface area (Å²) in [7, 11) is 0. The lowest BCUT2D eigenvalue weighted by atomic mass is 10.1. The molecule has 2 rings (SSSR count). The number of benzene rings is 1. The monoisotopic (exact) mass is 285 g/mol. The maximum atomic E-state index is 13.7. The highest BCUT2D eigenvalue weighted by atomic mass is 79.9. The highest BCUT2D eigenvalue weighted by molar-refractivity contribution is 9.10. The summed E-state index contributed by atoms with van der Waals surface area (Å²) in [6.07, 6.45) is 0. The standard InChI is InChI=1S/C10H9BrFN3O/c1-5-2-8(12)6(3-7(5)11)10-14-9(4-13)16-15-10/h2-3H,4,13H2,1H3. The fraction of sp³-hybridized carbons (Fsp3) is 0.200. The van der Waals surface area contributed by atoms with Crippen molar-refractivity contribution in [3.8, 4) is 11.4 Å². The van der Waals surface area contributed by atoms with Gasteiger partial charge in [-0.3, -0.25) is 0 Å². The molecule has 0 aliphatic heterocycles. The number of halogens is 2. The summed E-state index contributed by atoms with van der Waals surface area (Å²) in [6, 6.07) is 3.04. The van der Waals surface area contributed by atoms with E-state index in [1.54, 1.807) is 13.0 Å². The molecule has 0 unspecified atom stereocenters. The van der Waals surface area contributed by atoms with Gasteiger partial charge in [-0.15, -0.1) is 0 Å². The number of hydrogen-bond acceptors (Lipinski definition) is 4. The summed E-state index contributed by atoms with van der Waals surface area (Å²) < 4.78 is 19.3. The molecule has 0 aliphatic carbocycles. The van der Waals surface area contributed by atoms with Gasteiger partial charge in [-0.1, -0.05) is 21.1 Å². The molecule has 84 valence electrons. The largest absolute Gasteiger partial charge is 0.338 e. The summed E-state index contributed by atoms with van der Waals surface area (Å²) in [5.41, 5.74) is 6.44. The van der Waals surface area contributed by atoms with Crippen LogP contribution in [0.1, 0.15) is 11.5 Å². The Hall–Kier alpha value is -1.27. The predicted octanol–water partition coefficient (Wildman–Crippen LogP) is 2.41. The van der Waals surface area contributed by atoms with E-state index in [0.717, 1.165) is 10.0 Å². The molecule has 0 atom stereocenters. The minimum atomic E-state index is -0.384. The van der Waals surface area contributed by atoms with Gasteiger partial charge >= 0.3 is 0 Å².